The summed E-state index contributed by atoms with van der Waals surface area (Å²) < 4.78 is 5.20. The number of aryl methyl sites for hydroxylation is 1. The number of hydrogen-bond acceptors (Lipinski definition) is 3. The molecule has 0 saturated heterocycles. The molecule has 1 N–H and O–H groups in total. The summed E-state index contributed by atoms with van der Waals surface area (Å²) >= 11 is 0. The Morgan fingerprint density at radius 2 is 2.00 bits per heavy atom. The van der Waals surface area contributed by atoms with E-state index >= 15 is 0 Å². The summed E-state index contributed by atoms with van der Waals surface area (Å²) in [5.41, 5.74) is 4.91. The molecule has 0 bridgehead atoms. The molecule has 0 unspecified atom stereocenters. The summed E-state index contributed by atoms with van der Waals surface area (Å²) in [6.07, 6.45) is 1.78. The lowest BCUT2D eigenvalue weighted by Gasteiger charge is -2.12. The van der Waals surface area contributed by atoms with Gasteiger partial charge in [0.05, 0.1) is 7.11 Å². The third-order valence-electron chi connectivity index (χ3n) is 3.27. The van der Waals surface area contributed by atoms with Crippen molar-refractivity contribution in [2.24, 2.45) is 0 Å². The fraction of sp³-hybridized carbons (Fsp3) is 0.353. The molecule has 0 aliphatic carbocycles. The van der Waals surface area contributed by atoms with E-state index in [0.29, 0.717) is 11.9 Å². The first kappa shape index (κ1) is 14.5. The first-order chi connectivity index (χ1) is 9.60. The average Bonchev–Trinajstić information content (AvgIpc) is 2.46. The predicted octanol–water partition coefficient (Wildman–Crippen LogP) is 3.56. The smallest absolute Gasteiger partial charge is 0.213 e. The van der Waals surface area contributed by atoms with Gasteiger partial charge in [-0.2, -0.15) is 0 Å². The number of benzene rings is 1. The largest absolute Gasteiger partial charge is 0.481 e. The molecule has 1 heterocycles. The normalized spacial score (nSPS) is 10.8. The van der Waals surface area contributed by atoms with Crippen molar-refractivity contribution < 1.29 is 4.74 Å². The van der Waals surface area contributed by atoms with Gasteiger partial charge >= 0.3 is 0 Å². The second-order valence-corrected chi connectivity index (χ2v) is 5.27. The number of nitrogens with one attached hydrogen (secondary N) is 1. The Labute approximate surface area is 121 Å². The van der Waals surface area contributed by atoms with Crippen LogP contribution in [0.3, 0.4) is 0 Å². The molecule has 20 heavy (non-hydrogen) atoms. The lowest BCUT2D eigenvalue weighted by molar-refractivity contribution is 0.398. The number of pyridine rings is 1. The predicted molar refractivity (Wildman–Crippen MR) is 82.9 cm³/mol. The third kappa shape index (κ3) is 3.58. The Balaban J connectivity index is 2.32. The number of ether oxygens (including phenoxy) is 1. The van der Waals surface area contributed by atoms with Gasteiger partial charge in [0.15, 0.2) is 0 Å². The quantitative estimate of drug-likeness (QED) is 0.902. The van der Waals surface area contributed by atoms with Crippen LogP contribution >= 0.6 is 0 Å². The second-order valence-electron chi connectivity index (χ2n) is 5.27. The van der Waals surface area contributed by atoms with Crippen molar-refractivity contribution in [2.75, 3.05) is 7.11 Å². The van der Waals surface area contributed by atoms with Crippen LogP contribution in [-0.2, 0) is 6.54 Å². The first-order valence-electron chi connectivity index (χ1n) is 6.93. The van der Waals surface area contributed by atoms with E-state index in [2.05, 4.69) is 49.3 Å². The van der Waals surface area contributed by atoms with Gasteiger partial charge in [0.25, 0.3) is 0 Å². The summed E-state index contributed by atoms with van der Waals surface area (Å²) in [6.45, 7) is 7.32. The Kier molecular flexibility index (Phi) is 4.74. The Morgan fingerprint density at radius 1 is 1.20 bits per heavy atom. The van der Waals surface area contributed by atoms with Crippen LogP contribution < -0.4 is 10.1 Å². The molecule has 0 atom stereocenters. The van der Waals surface area contributed by atoms with Crippen LogP contribution in [0.4, 0.5) is 0 Å². The van der Waals surface area contributed by atoms with E-state index in [1.54, 1.807) is 13.3 Å². The molecule has 2 rings (SSSR count). The molecule has 0 saturated carbocycles. The lowest BCUT2D eigenvalue weighted by atomic mass is 9.99. The van der Waals surface area contributed by atoms with E-state index < -0.39 is 0 Å². The van der Waals surface area contributed by atoms with Crippen molar-refractivity contribution >= 4 is 0 Å². The molecular weight excluding hydrogens is 248 g/mol. The van der Waals surface area contributed by atoms with Crippen LogP contribution in [0.25, 0.3) is 11.1 Å². The maximum Gasteiger partial charge on any atom is 0.213 e. The molecule has 3 heteroatoms. The van der Waals surface area contributed by atoms with Crippen LogP contribution in [0, 0.1) is 6.92 Å². The van der Waals surface area contributed by atoms with Gasteiger partial charge in [-0.25, -0.2) is 4.98 Å². The first-order valence-corrected chi connectivity index (χ1v) is 6.93. The Bertz CT molecular complexity index is 579. The third-order valence-corrected chi connectivity index (χ3v) is 3.27. The molecule has 1 aromatic carbocycles. The van der Waals surface area contributed by atoms with Crippen molar-refractivity contribution in [2.45, 2.75) is 33.4 Å². The van der Waals surface area contributed by atoms with Crippen molar-refractivity contribution in [1.82, 2.24) is 10.3 Å². The zero-order valence-electron chi connectivity index (χ0n) is 12.6. The van der Waals surface area contributed by atoms with E-state index in [1.165, 1.54) is 16.7 Å². The number of aromatic nitrogens is 1. The molecule has 3 nitrogen and oxygen atoms in total. The molecule has 1 aromatic heterocycles. The molecule has 0 aliphatic heterocycles. The molecule has 0 fully saturated rings. The van der Waals surface area contributed by atoms with Crippen LogP contribution in [0.2, 0.25) is 0 Å². The van der Waals surface area contributed by atoms with Crippen LogP contribution in [0.1, 0.15) is 25.0 Å². The summed E-state index contributed by atoms with van der Waals surface area (Å²) in [5, 5.41) is 3.45. The van der Waals surface area contributed by atoms with Crippen LogP contribution in [0.5, 0.6) is 5.88 Å². The molecule has 0 amide bonds. The zero-order valence-corrected chi connectivity index (χ0v) is 12.6. The van der Waals surface area contributed by atoms with Gasteiger partial charge in [-0.1, -0.05) is 26.0 Å². The molecule has 106 valence electrons. The SMILES string of the molecule is COc1cc(-c2cc(CNC(C)C)ccc2C)ccn1. The Hall–Kier alpha value is -1.87. The van der Waals surface area contributed by atoms with E-state index in [4.69, 9.17) is 4.74 Å². The lowest BCUT2D eigenvalue weighted by Crippen LogP contribution is -2.21. The van der Waals surface area contributed by atoms with Crippen LogP contribution in [-0.4, -0.2) is 18.1 Å². The standard InChI is InChI=1S/C17H22N2O/c1-12(2)19-11-14-6-5-13(3)16(9-14)15-7-8-18-17(10-15)20-4/h5-10,12,19H,11H2,1-4H3. The van der Waals surface area contributed by atoms with Crippen molar-refractivity contribution in [3.63, 3.8) is 0 Å². The van der Waals surface area contributed by atoms with Gasteiger partial charge in [0, 0.05) is 24.8 Å². The van der Waals surface area contributed by atoms with Gasteiger partial charge < -0.3 is 10.1 Å². The van der Waals surface area contributed by atoms with Crippen LogP contribution in [0.15, 0.2) is 36.5 Å². The van der Waals surface area contributed by atoms with Crippen molar-refractivity contribution in [3.8, 4) is 17.0 Å². The second kappa shape index (κ2) is 6.53. The minimum absolute atomic E-state index is 0.487. The summed E-state index contributed by atoms with van der Waals surface area (Å²) in [7, 11) is 1.64. The zero-order chi connectivity index (χ0) is 14.5. The fourth-order valence-electron chi connectivity index (χ4n) is 2.10. The maximum atomic E-state index is 5.20. The van der Waals surface area contributed by atoms with Gasteiger partial charge in [-0.05, 0) is 41.3 Å². The summed E-state index contributed by atoms with van der Waals surface area (Å²) in [5.74, 6) is 0.646. The number of methoxy groups -OCH3 is 1. The summed E-state index contributed by atoms with van der Waals surface area (Å²) in [6, 6.07) is 11.1. The highest BCUT2D eigenvalue weighted by molar-refractivity contribution is 5.68. The fourth-order valence-corrected chi connectivity index (χ4v) is 2.10. The maximum absolute atomic E-state index is 5.20. The van der Waals surface area contributed by atoms with Gasteiger partial charge in [-0.3, -0.25) is 0 Å². The molecule has 0 spiro atoms. The average molecular weight is 270 g/mol. The number of rotatable bonds is 5. The number of nitrogens with zero attached hydrogens (tertiary/aromatic N) is 1. The topological polar surface area (TPSA) is 34.1 Å². The number of hydrogen-bond donors (Lipinski definition) is 1. The van der Waals surface area contributed by atoms with E-state index in [0.717, 1.165) is 12.1 Å². The molecule has 2 aromatic rings. The molecule has 0 aliphatic rings. The molecular formula is C17H22N2O. The summed E-state index contributed by atoms with van der Waals surface area (Å²) in [4.78, 5) is 4.16. The Morgan fingerprint density at radius 3 is 2.70 bits per heavy atom. The van der Waals surface area contributed by atoms with Crippen molar-refractivity contribution in [1.29, 1.82) is 0 Å². The van der Waals surface area contributed by atoms with E-state index in [1.807, 2.05) is 12.1 Å². The van der Waals surface area contributed by atoms with Gasteiger partial charge in [0.2, 0.25) is 5.88 Å². The molecule has 0 radical (unpaired) electrons. The minimum atomic E-state index is 0.487. The van der Waals surface area contributed by atoms with E-state index in [9.17, 15) is 0 Å². The van der Waals surface area contributed by atoms with E-state index in [-0.39, 0.29) is 0 Å². The highest BCUT2D eigenvalue weighted by atomic mass is 16.5. The highest BCUT2D eigenvalue weighted by Gasteiger charge is 2.06. The monoisotopic (exact) mass is 270 g/mol. The van der Waals surface area contributed by atoms with Gasteiger partial charge in [0.1, 0.15) is 0 Å². The van der Waals surface area contributed by atoms with Crippen molar-refractivity contribution in [3.05, 3.63) is 47.7 Å². The van der Waals surface area contributed by atoms with Gasteiger partial charge in [-0.15, -0.1) is 0 Å². The highest BCUT2D eigenvalue weighted by Crippen LogP contribution is 2.26. The minimum Gasteiger partial charge on any atom is -0.481 e.